The van der Waals surface area contributed by atoms with Crippen LogP contribution in [0.15, 0.2) is 65.6 Å². The Hall–Kier alpha value is -3.06. The number of fused-ring (bicyclic) bond motifs is 1. The second-order valence-corrected chi connectivity index (χ2v) is 8.01. The molecule has 0 aromatic heterocycles. The first-order valence-electron chi connectivity index (χ1n) is 8.90. The molecular formula is C21H19NO5S. The smallest absolute Gasteiger partial charge is 0.339 e. The highest BCUT2D eigenvalue weighted by atomic mass is 32.2. The molecule has 3 aromatic carbocycles. The Labute approximate surface area is 163 Å². The fourth-order valence-electron chi connectivity index (χ4n) is 3.41. The summed E-state index contributed by atoms with van der Waals surface area (Å²) in [6.07, 6.45) is 1.37. The number of benzene rings is 3. The topological polar surface area (TPSA) is 72.9 Å². The van der Waals surface area contributed by atoms with Gasteiger partial charge >= 0.3 is 10.1 Å². The molecule has 0 saturated carbocycles. The number of nitrogens with zero attached hydrogens (tertiary/aromatic N) is 1. The van der Waals surface area contributed by atoms with Crippen LogP contribution in [-0.2, 0) is 14.9 Å². The van der Waals surface area contributed by atoms with Crippen LogP contribution >= 0.6 is 0 Å². The minimum atomic E-state index is -4.04. The monoisotopic (exact) mass is 397 g/mol. The summed E-state index contributed by atoms with van der Waals surface area (Å²) in [5.41, 5.74) is 0.738. The van der Waals surface area contributed by atoms with Crippen molar-refractivity contribution in [2.45, 2.75) is 17.7 Å². The summed E-state index contributed by atoms with van der Waals surface area (Å²) in [7, 11) is -2.50. The predicted octanol–water partition coefficient (Wildman–Crippen LogP) is 3.74. The fourth-order valence-corrected chi connectivity index (χ4v) is 4.55. The van der Waals surface area contributed by atoms with Gasteiger partial charge in [-0.1, -0.05) is 24.3 Å². The van der Waals surface area contributed by atoms with Gasteiger partial charge in [-0.05, 0) is 42.8 Å². The molecule has 1 aliphatic rings. The van der Waals surface area contributed by atoms with E-state index < -0.39 is 10.1 Å². The lowest BCUT2D eigenvalue weighted by molar-refractivity contribution is -0.117. The summed E-state index contributed by atoms with van der Waals surface area (Å²) in [6, 6.07) is 16.7. The lowest BCUT2D eigenvalue weighted by Gasteiger charge is -2.16. The molecule has 1 amide bonds. The lowest BCUT2D eigenvalue weighted by Crippen LogP contribution is -2.23. The number of hydrogen-bond donors (Lipinski definition) is 0. The molecule has 28 heavy (non-hydrogen) atoms. The van der Waals surface area contributed by atoms with Crippen LogP contribution in [0.25, 0.3) is 10.8 Å². The maximum Gasteiger partial charge on any atom is 0.339 e. The predicted molar refractivity (Wildman–Crippen MR) is 106 cm³/mol. The number of methoxy groups -OCH3 is 1. The van der Waals surface area contributed by atoms with Gasteiger partial charge < -0.3 is 13.8 Å². The van der Waals surface area contributed by atoms with E-state index in [-0.39, 0.29) is 16.6 Å². The summed E-state index contributed by atoms with van der Waals surface area (Å²) in [4.78, 5) is 13.6. The van der Waals surface area contributed by atoms with Crippen LogP contribution in [0.4, 0.5) is 5.69 Å². The quantitative estimate of drug-likeness (QED) is 0.613. The lowest BCUT2D eigenvalue weighted by atomic mass is 10.1. The molecule has 0 unspecified atom stereocenters. The molecule has 144 valence electrons. The van der Waals surface area contributed by atoms with Crippen LogP contribution in [0.5, 0.6) is 11.5 Å². The fraction of sp³-hybridized carbons (Fsp3) is 0.190. The summed E-state index contributed by atoms with van der Waals surface area (Å²) < 4.78 is 36.4. The molecule has 1 heterocycles. The molecule has 7 heteroatoms. The van der Waals surface area contributed by atoms with Crippen LogP contribution in [0.2, 0.25) is 0 Å². The molecule has 1 aliphatic heterocycles. The van der Waals surface area contributed by atoms with Gasteiger partial charge in [0.2, 0.25) is 5.91 Å². The highest BCUT2D eigenvalue weighted by molar-refractivity contribution is 7.87. The first kappa shape index (κ1) is 18.3. The van der Waals surface area contributed by atoms with E-state index in [1.807, 2.05) is 6.07 Å². The zero-order chi connectivity index (χ0) is 19.7. The van der Waals surface area contributed by atoms with Crippen LogP contribution < -0.4 is 13.8 Å². The molecule has 4 rings (SSSR count). The molecule has 1 saturated heterocycles. The SMILES string of the molecule is COc1ccc(S(=O)(=O)Oc2ccc(N3CCCC3=O)cc2)c2ccccc12. The van der Waals surface area contributed by atoms with Gasteiger partial charge in [-0.15, -0.1) is 0 Å². The second kappa shape index (κ2) is 7.16. The number of carbonyl (C=O) groups is 1. The van der Waals surface area contributed by atoms with E-state index in [1.54, 1.807) is 60.5 Å². The maximum atomic E-state index is 12.9. The average Bonchev–Trinajstić information content (AvgIpc) is 3.13. The van der Waals surface area contributed by atoms with E-state index in [1.165, 1.54) is 6.07 Å². The van der Waals surface area contributed by atoms with Crippen molar-refractivity contribution in [3.63, 3.8) is 0 Å². The molecule has 0 radical (unpaired) electrons. The summed E-state index contributed by atoms with van der Waals surface area (Å²) in [5, 5.41) is 1.22. The zero-order valence-electron chi connectivity index (χ0n) is 15.3. The maximum absolute atomic E-state index is 12.9. The Bertz CT molecular complexity index is 1140. The van der Waals surface area contributed by atoms with Crippen molar-refractivity contribution in [1.29, 1.82) is 0 Å². The standard InChI is InChI=1S/C21H19NO5S/c1-26-19-12-13-20(18-6-3-2-5-17(18)19)28(24,25)27-16-10-8-15(9-11-16)22-14-4-7-21(22)23/h2-3,5-6,8-13H,4,7,14H2,1H3. The molecule has 6 nitrogen and oxygen atoms in total. The molecule has 1 fully saturated rings. The highest BCUT2D eigenvalue weighted by Crippen LogP contribution is 2.32. The van der Waals surface area contributed by atoms with Crippen molar-refractivity contribution in [2.75, 3.05) is 18.6 Å². The van der Waals surface area contributed by atoms with E-state index in [0.29, 0.717) is 29.5 Å². The third-order valence-electron chi connectivity index (χ3n) is 4.76. The van der Waals surface area contributed by atoms with Crippen molar-refractivity contribution in [2.24, 2.45) is 0 Å². The average molecular weight is 397 g/mol. The van der Waals surface area contributed by atoms with Crippen LogP contribution in [0, 0.1) is 0 Å². The third-order valence-corrected chi connectivity index (χ3v) is 6.07. The minimum Gasteiger partial charge on any atom is -0.496 e. The van der Waals surface area contributed by atoms with Gasteiger partial charge in [0.25, 0.3) is 0 Å². The third kappa shape index (κ3) is 3.29. The second-order valence-electron chi connectivity index (χ2n) is 6.49. The molecule has 0 bridgehead atoms. The number of hydrogen-bond acceptors (Lipinski definition) is 5. The summed E-state index contributed by atoms with van der Waals surface area (Å²) >= 11 is 0. The first-order valence-corrected chi connectivity index (χ1v) is 10.3. The van der Waals surface area contributed by atoms with Gasteiger partial charge in [-0.2, -0.15) is 8.42 Å². The van der Waals surface area contributed by atoms with E-state index in [4.69, 9.17) is 8.92 Å². The van der Waals surface area contributed by atoms with Gasteiger partial charge in [-0.25, -0.2) is 0 Å². The largest absolute Gasteiger partial charge is 0.496 e. The highest BCUT2D eigenvalue weighted by Gasteiger charge is 2.23. The van der Waals surface area contributed by atoms with E-state index >= 15 is 0 Å². The van der Waals surface area contributed by atoms with Crippen molar-refractivity contribution >= 4 is 32.5 Å². The van der Waals surface area contributed by atoms with Gasteiger partial charge in [0.15, 0.2) is 0 Å². The van der Waals surface area contributed by atoms with E-state index in [0.717, 1.165) is 12.1 Å². The van der Waals surface area contributed by atoms with Crippen LogP contribution in [-0.4, -0.2) is 28.0 Å². The first-order chi connectivity index (χ1) is 13.5. The van der Waals surface area contributed by atoms with Crippen molar-refractivity contribution in [3.05, 3.63) is 60.7 Å². The Balaban J connectivity index is 1.65. The van der Waals surface area contributed by atoms with Crippen LogP contribution in [0.1, 0.15) is 12.8 Å². The Morgan fingerprint density at radius 3 is 2.29 bits per heavy atom. The molecule has 0 aliphatic carbocycles. The van der Waals surface area contributed by atoms with Crippen molar-refractivity contribution < 1.29 is 22.1 Å². The van der Waals surface area contributed by atoms with Crippen molar-refractivity contribution in [1.82, 2.24) is 0 Å². The summed E-state index contributed by atoms with van der Waals surface area (Å²) in [6.45, 7) is 0.676. The zero-order valence-corrected chi connectivity index (χ0v) is 16.1. The molecular weight excluding hydrogens is 378 g/mol. The Kier molecular flexibility index (Phi) is 4.68. The molecule has 3 aromatic rings. The number of ether oxygens (including phenoxy) is 1. The van der Waals surface area contributed by atoms with Gasteiger partial charge in [0.1, 0.15) is 16.4 Å². The minimum absolute atomic E-state index is 0.0719. The van der Waals surface area contributed by atoms with Gasteiger partial charge in [0.05, 0.1) is 7.11 Å². The molecule has 0 N–H and O–H groups in total. The Morgan fingerprint density at radius 1 is 0.929 bits per heavy atom. The van der Waals surface area contributed by atoms with Crippen LogP contribution in [0.3, 0.4) is 0 Å². The normalized spacial score (nSPS) is 14.5. The molecule has 0 atom stereocenters. The molecule has 0 spiro atoms. The number of anilines is 1. The number of amides is 1. The van der Waals surface area contributed by atoms with Gasteiger partial charge in [-0.3, -0.25) is 4.79 Å². The number of rotatable bonds is 5. The van der Waals surface area contributed by atoms with Gasteiger partial charge in [0, 0.05) is 29.4 Å². The number of carbonyl (C=O) groups excluding carboxylic acids is 1. The van der Waals surface area contributed by atoms with E-state index in [9.17, 15) is 13.2 Å². The summed E-state index contributed by atoms with van der Waals surface area (Å²) in [5.74, 6) is 0.857. The Morgan fingerprint density at radius 2 is 1.64 bits per heavy atom. The van der Waals surface area contributed by atoms with E-state index in [2.05, 4.69) is 0 Å². The van der Waals surface area contributed by atoms with Crippen molar-refractivity contribution in [3.8, 4) is 11.5 Å².